The maximum absolute atomic E-state index is 11.3. The van der Waals surface area contributed by atoms with Gasteiger partial charge >= 0.3 is 0 Å². The van der Waals surface area contributed by atoms with E-state index in [0.717, 1.165) is 5.56 Å². The van der Waals surface area contributed by atoms with Crippen molar-refractivity contribution in [2.75, 3.05) is 20.7 Å². The van der Waals surface area contributed by atoms with Gasteiger partial charge in [-0.15, -0.1) is 0 Å². The van der Waals surface area contributed by atoms with Gasteiger partial charge < -0.3 is 9.64 Å². The minimum atomic E-state index is -0.109. The van der Waals surface area contributed by atoms with Gasteiger partial charge in [0.1, 0.15) is 5.75 Å². The van der Waals surface area contributed by atoms with E-state index >= 15 is 0 Å². The van der Waals surface area contributed by atoms with Crippen molar-refractivity contribution < 1.29 is 9.53 Å². The minimum absolute atomic E-state index is 0.0112. The van der Waals surface area contributed by atoms with Crippen LogP contribution in [0.5, 0.6) is 5.75 Å². The van der Waals surface area contributed by atoms with E-state index in [1.165, 1.54) is 4.90 Å². The molecule has 1 amide bonds. The van der Waals surface area contributed by atoms with Crippen LogP contribution < -0.4 is 4.74 Å². The number of hydrogen-bond donors (Lipinski definition) is 0. The largest absolute Gasteiger partial charge is 0.483 e. The van der Waals surface area contributed by atoms with Gasteiger partial charge in [0, 0.05) is 14.1 Å². The maximum atomic E-state index is 11.3. The molecule has 4 heteroatoms. The summed E-state index contributed by atoms with van der Waals surface area (Å²) in [7, 11) is 3.34. The van der Waals surface area contributed by atoms with E-state index in [-0.39, 0.29) is 12.5 Å². The van der Waals surface area contributed by atoms with Crippen LogP contribution in [0.4, 0.5) is 0 Å². The first-order valence-electron chi connectivity index (χ1n) is 4.88. The number of rotatable bonds is 3. The minimum Gasteiger partial charge on any atom is -0.483 e. The van der Waals surface area contributed by atoms with Crippen LogP contribution in [0.1, 0.15) is 11.1 Å². The third-order valence-electron chi connectivity index (χ3n) is 2.17. The van der Waals surface area contributed by atoms with Crippen molar-refractivity contribution in [1.82, 2.24) is 4.90 Å². The lowest BCUT2D eigenvalue weighted by atomic mass is 10.1. The van der Waals surface area contributed by atoms with Crippen molar-refractivity contribution in [3.05, 3.63) is 29.3 Å². The number of aryl methyl sites for hydroxylation is 1. The molecule has 0 bridgehead atoms. The first kappa shape index (κ1) is 12.1. The van der Waals surface area contributed by atoms with Gasteiger partial charge in [-0.05, 0) is 24.6 Å². The highest BCUT2D eigenvalue weighted by molar-refractivity contribution is 5.77. The molecule has 0 saturated carbocycles. The van der Waals surface area contributed by atoms with Crippen LogP contribution in [-0.4, -0.2) is 31.5 Å². The number of nitrogens with zero attached hydrogens (tertiary/aromatic N) is 2. The molecule has 0 aliphatic rings. The molecule has 4 nitrogen and oxygen atoms in total. The lowest BCUT2D eigenvalue weighted by Gasteiger charge is -2.12. The van der Waals surface area contributed by atoms with Crippen molar-refractivity contribution in [3.63, 3.8) is 0 Å². The highest BCUT2D eigenvalue weighted by atomic mass is 16.5. The lowest BCUT2D eigenvalue weighted by Crippen LogP contribution is -2.27. The summed E-state index contributed by atoms with van der Waals surface area (Å²) in [6.07, 6.45) is 0. The van der Waals surface area contributed by atoms with Gasteiger partial charge in [0.15, 0.2) is 6.61 Å². The van der Waals surface area contributed by atoms with E-state index in [4.69, 9.17) is 10.00 Å². The molecule has 0 aliphatic heterocycles. The Hall–Kier alpha value is -2.02. The third kappa shape index (κ3) is 2.99. The Balaban J connectivity index is 2.74. The first-order valence-corrected chi connectivity index (χ1v) is 4.88. The molecule has 0 atom stereocenters. The Bertz CT molecular complexity index is 433. The molecule has 1 aromatic carbocycles. The van der Waals surface area contributed by atoms with Gasteiger partial charge in [-0.25, -0.2) is 0 Å². The average Bonchev–Trinajstić information content (AvgIpc) is 2.27. The van der Waals surface area contributed by atoms with Gasteiger partial charge in [-0.3, -0.25) is 4.79 Å². The summed E-state index contributed by atoms with van der Waals surface area (Å²) in [6, 6.07) is 7.18. The predicted octanol–water partition coefficient (Wildman–Crippen LogP) is 1.33. The molecule has 0 aromatic heterocycles. The van der Waals surface area contributed by atoms with E-state index in [2.05, 4.69) is 0 Å². The van der Waals surface area contributed by atoms with Gasteiger partial charge in [0.2, 0.25) is 0 Å². The Kier molecular flexibility index (Phi) is 3.90. The Morgan fingerprint density at radius 3 is 2.75 bits per heavy atom. The van der Waals surface area contributed by atoms with E-state index < -0.39 is 0 Å². The highest BCUT2D eigenvalue weighted by Gasteiger charge is 2.07. The Labute approximate surface area is 95.0 Å². The van der Waals surface area contributed by atoms with Gasteiger partial charge in [0.25, 0.3) is 5.91 Å². The number of nitriles is 1. The Morgan fingerprint density at radius 1 is 1.50 bits per heavy atom. The monoisotopic (exact) mass is 218 g/mol. The van der Waals surface area contributed by atoms with Crippen LogP contribution in [0.2, 0.25) is 0 Å². The van der Waals surface area contributed by atoms with Crippen molar-refractivity contribution in [2.24, 2.45) is 0 Å². The fraction of sp³-hybridized carbons (Fsp3) is 0.333. The predicted molar refractivity (Wildman–Crippen MR) is 60.1 cm³/mol. The molecule has 0 spiro atoms. The van der Waals surface area contributed by atoms with E-state index in [0.29, 0.717) is 11.3 Å². The van der Waals surface area contributed by atoms with E-state index in [9.17, 15) is 4.79 Å². The molecule has 0 N–H and O–H groups in total. The summed E-state index contributed by atoms with van der Waals surface area (Å²) >= 11 is 0. The lowest BCUT2D eigenvalue weighted by molar-refractivity contribution is -0.130. The smallest absolute Gasteiger partial charge is 0.259 e. The molecule has 0 aliphatic carbocycles. The maximum Gasteiger partial charge on any atom is 0.259 e. The SMILES string of the molecule is Cc1ccc(C#N)cc1OCC(=O)N(C)C. The van der Waals surface area contributed by atoms with Crippen LogP contribution in [0.25, 0.3) is 0 Å². The zero-order valence-corrected chi connectivity index (χ0v) is 9.65. The molecule has 1 aromatic rings. The molecular weight excluding hydrogens is 204 g/mol. The normalized spacial score (nSPS) is 9.38. The summed E-state index contributed by atoms with van der Waals surface area (Å²) in [4.78, 5) is 12.8. The number of likely N-dealkylation sites (N-methyl/N-ethyl adjacent to an activating group) is 1. The van der Waals surface area contributed by atoms with Gasteiger partial charge in [-0.1, -0.05) is 6.07 Å². The molecule has 84 valence electrons. The summed E-state index contributed by atoms with van der Waals surface area (Å²) in [5, 5.41) is 8.74. The summed E-state index contributed by atoms with van der Waals surface area (Å²) in [6.45, 7) is 1.86. The van der Waals surface area contributed by atoms with Gasteiger partial charge in [0.05, 0.1) is 11.6 Å². The van der Waals surface area contributed by atoms with Crippen LogP contribution in [-0.2, 0) is 4.79 Å². The first-order chi connectivity index (χ1) is 7.54. The number of ether oxygens (including phenoxy) is 1. The number of carbonyl (C=O) groups excluding carboxylic acids is 1. The molecule has 0 fully saturated rings. The summed E-state index contributed by atoms with van der Waals surface area (Å²) < 4.78 is 5.36. The standard InChI is InChI=1S/C12H14N2O2/c1-9-4-5-10(7-13)6-11(9)16-8-12(15)14(2)3/h4-6H,8H2,1-3H3. The van der Waals surface area contributed by atoms with Crippen LogP contribution in [0.15, 0.2) is 18.2 Å². The zero-order valence-electron chi connectivity index (χ0n) is 9.65. The van der Waals surface area contributed by atoms with Crippen LogP contribution >= 0.6 is 0 Å². The number of amides is 1. The quantitative estimate of drug-likeness (QED) is 0.769. The van der Waals surface area contributed by atoms with Crippen molar-refractivity contribution in [3.8, 4) is 11.8 Å². The van der Waals surface area contributed by atoms with Crippen LogP contribution in [0, 0.1) is 18.3 Å². The highest BCUT2D eigenvalue weighted by Crippen LogP contribution is 2.19. The van der Waals surface area contributed by atoms with Crippen molar-refractivity contribution >= 4 is 5.91 Å². The molecular formula is C12H14N2O2. The number of benzene rings is 1. The summed E-state index contributed by atoms with van der Waals surface area (Å²) in [5.41, 5.74) is 1.43. The van der Waals surface area contributed by atoms with Crippen LogP contribution in [0.3, 0.4) is 0 Å². The van der Waals surface area contributed by atoms with E-state index in [1.807, 2.05) is 13.0 Å². The van der Waals surface area contributed by atoms with Crippen molar-refractivity contribution in [2.45, 2.75) is 6.92 Å². The fourth-order valence-corrected chi connectivity index (χ4v) is 1.09. The van der Waals surface area contributed by atoms with Gasteiger partial charge in [-0.2, -0.15) is 5.26 Å². The second-order valence-corrected chi connectivity index (χ2v) is 3.67. The topological polar surface area (TPSA) is 53.3 Å². The Morgan fingerprint density at radius 2 is 2.19 bits per heavy atom. The molecule has 1 rings (SSSR count). The molecule has 0 heterocycles. The second-order valence-electron chi connectivity index (χ2n) is 3.67. The fourth-order valence-electron chi connectivity index (χ4n) is 1.09. The molecule has 0 unspecified atom stereocenters. The average molecular weight is 218 g/mol. The molecule has 0 saturated heterocycles. The summed E-state index contributed by atoms with van der Waals surface area (Å²) in [5.74, 6) is 0.469. The number of hydrogen-bond acceptors (Lipinski definition) is 3. The molecule has 0 radical (unpaired) electrons. The number of carbonyl (C=O) groups is 1. The van der Waals surface area contributed by atoms with Crippen molar-refractivity contribution in [1.29, 1.82) is 5.26 Å². The third-order valence-corrected chi connectivity index (χ3v) is 2.17. The second kappa shape index (κ2) is 5.17. The van der Waals surface area contributed by atoms with E-state index in [1.54, 1.807) is 32.3 Å². The molecule has 16 heavy (non-hydrogen) atoms. The zero-order chi connectivity index (χ0) is 12.1.